The highest BCUT2D eigenvalue weighted by Gasteiger charge is 2.38. The van der Waals surface area contributed by atoms with Gasteiger partial charge in [0.1, 0.15) is 17.6 Å². The van der Waals surface area contributed by atoms with Crippen molar-refractivity contribution in [3.8, 4) is 23.1 Å². The molecule has 8 nitrogen and oxygen atoms in total. The molecule has 1 aliphatic rings. The van der Waals surface area contributed by atoms with Crippen LogP contribution in [-0.2, 0) is 17.4 Å². The molecule has 0 aliphatic carbocycles. The van der Waals surface area contributed by atoms with E-state index in [9.17, 15) is 18.0 Å². The molecule has 1 amide bonds. The van der Waals surface area contributed by atoms with Gasteiger partial charge < -0.3 is 15.0 Å². The first-order valence-electron chi connectivity index (χ1n) is 11.3. The smallest absolute Gasteiger partial charge is 0.451 e. The predicted octanol–water partition coefficient (Wildman–Crippen LogP) is 3.77. The van der Waals surface area contributed by atoms with E-state index in [1.54, 1.807) is 17.0 Å². The van der Waals surface area contributed by atoms with E-state index in [-0.39, 0.29) is 23.2 Å². The van der Waals surface area contributed by atoms with E-state index in [1.807, 2.05) is 12.1 Å². The van der Waals surface area contributed by atoms with Gasteiger partial charge in [0.2, 0.25) is 11.7 Å². The molecule has 3 aromatic rings. The minimum Gasteiger partial charge on any atom is -0.494 e. The number of rotatable bonds is 7. The molecule has 0 unspecified atom stereocenters. The van der Waals surface area contributed by atoms with E-state index >= 15 is 0 Å². The van der Waals surface area contributed by atoms with Crippen molar-refractivity contribution in [2.24, 2.45) is 0 Å². The molecular formula is C25H23F3N6O2. The molecule has 1 N–H and O–H groups in total. The Morgan fingerprint density at radius 2 is 2.03 bits per heavy atom. The number of hydrogen-bond acceptors (Lipinski definition) is 7. The van der Waals surface area contributed by atoms with Crippen molar-refractivity contribution in [2.45, 2.75) is 31.5 Å². The first-order valence-corrected chi connectivity index (χ1v) is 11.3. The normalized spacial score (nSPS) is 15.4. The molecule has 3 heterocycles. The number of halogens is 3. The monoisotopic (exact) mass is 496 g/mol. The maximum Gasteiger partial charge on any atom is 0.451 e. The number of anilines is 1. The van der Waals surface area contributed by atoms with E-state index in [4.69, 9.17) is 10.00 Å². The summed E-state index contributed by atoms with van der Waals surface area (Å²) in [6, 6.07) is 11.4. The summed E-state index contributed by atoms with van der Waals surface area (Å²) >= 11 is 0. The molecule has 1 aromatic carbocycles. The summed E-state index contributed by atoms with van der Waals surface area (Å²) in [5, 5.41) is 11.8. The first kappa shape index (κ1) is 24.9. The summed E-state index contributed by atoms with van der Waals surface area (Å²) in [6.45, 7) is 0.737. The molecule has 0 spiro atoms. The van der Waals surface area contributed by atoms with Crippen LogP contribution in [0.4, 0.5) is 19.0 Å². The molecule has 0 bridgehead atoms. The van der Waals surface area contributed by atoms with Crippen LogP contribution in [0.2, 0.25) is 0 Å². The van der Waals surface area contributed by atoms with Crippen molar-refractivity contribution in [1.29, 1.82) is 5.26 Å². The second kappa shape index (κ2) is 10.6. The van der Waals surface area contributed by atoms with Crippen molar-refractivity contribution in [3.05, 3.63) is 65.7 Å². The van der Waals surface area contributed by atoms with Gasteiger partial charge in [-0.25, -0.2) is 9.97 Å². The maximum absolute atomic E-state index is 13.7. The molecule has 2 aromatic heterocycles. The molecule has 1 fully saturated rings. The highest BCUT2D eigenvalue weighted by atomic mass is 19.4. The van der Waals surface area contributed by atoms with Gasteiger partial charge in [0.25, 0.3) is 0 Å². The van der Waals surface area contributed by atoms with Crippen molar-refractivity contribution >= 4 is 11.7 Å². The fraction of sp³-hybridized carbons (Fsp3) is 0.320. The fourth-order valence-corrected chi connectivity index (χ4v) is 4.11. The quantitative estimate of drug-likeness (QED) is 0.531. The van der Waals surface area contributed by atoms with E-state index in [0.717, 1.165) is 5.56 Å². The molecule has 1 saturated heterocycles. The van der Waals surface area contributed by atoms with Gasteiger partial charge in [0, 0.05) is 30.9 Å². The Morgan fingerprint density at radius 3 is 2.72 bits per heavy atom. The Labute approximate surface area is 205 Å². The predicted molar refractivity (Wildman–Crippen MR) is 125 cm³/mol. The number of nitrogens with one attached hydrogen (secondary N) is 1. The topological polar surface area (TPSA) is 104 Å². The van der Waals surface area contributed by atoms with Gasteiger partial charge in [-0.1, -0.05) is 12.1 Å². The lowest BCUT2D eigenvalue weighted by atomic mass is 10.1. The number of carbonyl (C=O) groups excluding carboxylic acids is 1. The average Bonchev–Trinajstić information content (AvgIpc) is 3.38. The summed E-state index contributed by atoms with van der Waals surface area (Å²) in [5.74, 6) is -1.28. The van der Waals surface area contributed by atoms with Crippen LogP contribution in [0.1, 0.15) is 29.8 Å². The third kappa shape index (κ3) is 5.54. The van der Waals surface area contributed by atoms with Gasteiger partial charge in [-0.3, -0.25) is 9.78 Å². The van der Waals surface area contributed by atoms with Crippen LogP contribution in [0.3, 0.4) is 0 Å². The van der Waals surface area contributed by atoms with Crippen molar-refractivity contribution in [3.63, 3.8) is 0 Å². The van der Waals surface area contributed by atoms with Gasteiger partial charge in [0.15, 0.2) is 0 Å². The molecule has 186 valence electrons. The molecule has 1 aliphatic heterocycles. The average molecular weight is 496 g/mol. The minimum absolute atomic E-state index is 0.0240. The van der Waals surface area contributed by atoms with Crippen LogP contribution in [0.25, 0.3) is 11.3 Å². The number of alkyl halides is 3. The zero-order valence-electron chi connectivity index (χ0n) is 19.4. The number of carbonyl (C=O) groups is 1. The molecule has 4 rings (SSSR count). The van der Waals surface area contributed by atoms with Crippen LogP contribution >= 0.6 is 0 Å². The number of nitriles is 1. The Balaban J connectivity index is 1.55. The van der Waals surface area contributed by atoms with Gasteiger partial charge >= 0.3 is 6.18 Å². The first-order chi connectivity index (χ1) is 17.3. The van der Waals surface area contributed by atoms with Crippen LogP contribution in [0.5, 0.6) is 5.75 Å². The van der Waals surface area contributed by atoms with Crippen LogP contribution < -0.4 is 15.0 Å². The number of methoxy groups -OCH3 is 1. The number of ether oxygens (including phenoxy) is 1. The Morgan fingerprint density at radius 1 is 1.25 bits per heavy atom. The minimum atomic E-state index is -4.77. The lowest BCUT2D eigenvalue weighted by Gasteiger charge is -2.26. The number of benzene rings is 1. The Kier molecular flexibility index (Phi) is 7.33. The van der Waals surface area contributed by atoms with Gasteiger partial charge in [-0.2, -0.15) is 18.4 Å². The van der Waals surface area contributed by atoms with E-state index in [0.29, 0.717) is 43.5 Å². The summed E-state index contributed by atoms with van der Waals surface area (Å²) in [4.78, 5) is 26.0. The van der Waals surface area contributed by atoms with E-state index in [1.165, 1.54) is 31.6 Å². The van der Waals surface area contributed by atoms with E-state index < -0.39 is 18.0 Å². The van der Waals surface area contributed by atoms with Crippen LogP contribution in [0, 0.1) is 11.3 Å². The van der Waals surface area contributed by atoms with Gasteiger partial charge in [-0.15, -0.1) is 0 Å². The highest BCUT2D eigenvalue weighted by molar-refractivity contribution is 5.86. The van der Waals surface area contributed by atoms with Crippen molar-refractivity contribution in [2.75, 3.05) is 25.1 Å². The second-order valence-corrected chi connectivity index (χ2v) is 8.21. The zero-order valence-corrected chi connectivity index (χ0v) is 19.4. The summed E-state index contributed by atoms with van der Waals surface area (Å²) in [7, 11) is 1.39. The largest absolute Gasteiger partial charge is 0.494 e. The van der Waals surface area contributed by atoms with Gasteiger partial charge in [0.05, 0.1) is 30.6 Å². The summed E-state index contributed by atoms with van der Waals surface area (Å²) in [6.07, 6.45) is -0.266. The number of nitrogens with zero attached hydrogens (tertiary/aromatic N) is 5. The zero-order chi connectivity index (χ0) is 25.7. The SMILES string of the molecule is COc1cnccc1-c1cc(N2CCC[C@H]2C(=O)NCCc2ccc(C#N)cc2)nc(C(F)(F)F)n1. The highest BCUT2D eigenvalue weighted by Crippen LogP contribution is 2.35. The molecular weight excluding hydrogens is 473 g/mol. The van der Waals surface area contributed by atoms with Crippen LogP contribution in [-0.4, -0.2) is 47.1 Å². The molecule has 11 heteroatoms. The fourth-order valence-electron chi connectivity index (χ4n) is 4.11. The number of pyridine rings is 1. The summed E-state index contributed by atoms with van der Waals surface area (Å²) in [5.41, 5.74) is 1.87. The lowest BCUT2D eigenvalue weighted by molar-refractivity contribution is -0.144. The maximum atomic E-state index is 13.7. The molecule has 0 saturated carbocycles. The molecule has 1 atom stereocenters. The van der Waals surface area contributed by atoms with Crippen molar-refractivity contribution < 1.29 is 22.7 Å². The summed E-state index contributed by atoms with van der Waals surface area (Å²) < 4.78 is 46.3. The number of hydrogen-bond donors (Lipinski definition) is 1. The lowest BCUT2D eigenvalue weighted by Crippen LogP contribution is -2.44. The van der Waals surface area contributed by atoms with Gasteiger partial charge in [-0.05, 0) is 43.0 Å². The third-order valence-electron chi connectivity index (χ3n) is 5.89. The molecule has 36 heavy (non-hydrogen) atoms. The Bertz CT molecular complexity index is 1270. The molecule has 0 radical (unpaired) electrons. The number of amides is 1. The van der Waals surface area contributed by atoms with E-state index in [2.05, 4.69) is 26.3 Å². The number of aromatic nitrogens is 3. The van der Waals surface area contributed by atoms with Crippen LogP contribution in [0.15, 0.2) is 48.8 Å². The Hall–Kier alpha value is -4.20. The van der Waals surface area contributed by atoms with Crippen molar-refractivity contribution in [1.82, 2.24) is 20.3 Å². The second-order valence-electron chi connectivity index (χ2n) is 8.21. The third-order valence-corrected chi connectivity index (χ3v) is 5.89. The standard InChI is InChI=1S/C25H23F3N6O2/c1-36-21-15-30-10-9-18(21)19-13-22(33-24(32-19)25(26,27)28)34-12-2-3-20(34)23(35)31-11-8-16-4-6-17(14-29)7-5-16/h4-7,9-10,13,15,20H,2-3,8,11-12H2,1H3,(H,31,35)/t20-/m0/s1.